The number of aromatic nitrogens is 2. The van der Waals surface area contributed by atoms with E-state index < -0.39 is 0 Å². The van der Waals surface area contributed by atoms with Crippen molar-refractivity contribution in [2.24, 2.45) is 0 Å². The average Bonchev–Trinajstić information content (AvgIpc) is 3.21. The SMILES string of the molecule is O=C(NCCc1ccc2[nH]c3nc(C=Cc4ccccc4)ccc3c2c1)c1ccccc1. The van der Waals surface area contributed by atoms with Gasteiger partial charge in [-0.25, -0.2) is 4.98 Å². The van der Waals surface area contributed by atoms with Gasteiger partial charge in [-0.3, -0.25) is 4.79 Å². The molecule has 0 radical (unpaired) electrons. The van der Waals surface area contributed by atoms with Gasteiger partial charge in [0.1, 0.15) is 5.65 Å². The molecule has 0 spiro atoms. The molecule has 0 aliphatic heterocycles. The maximum Gasteiger partial charge on any atom is 0.251 e. The van der Waals surface area contributed by atoms with Crippen LogP contribution in [0.5, 0.6) is 0 Å². The van der Waals surface area contributed by atoms with Crippen molar-refractivity contribution >= 4 is 40.0 Å². The van der Waals surface area contributed by atoms with Crippen LogP contribution in [-0.2, 0) is 6.42 Å². The van der Waals surface area contributed by atoms with E-state index in [1.807, 2.05) is 60.7 Å². The molecule has 0 saturated carbocycles. The number of hydrogen-bond acceptors (Lipinski definition) is 2. The Morgan fingerprint density at radius 3 is 2.44 bits per heavy atom. The second-order valence-electron chi connectivity index (χ2n) is 7.75. The fraction of sp³-hybridized carbons (Fsp3) is 0.0714. The summed E-state index contributed by atoms with van der Waals surface area (Å²) >= 11 is 0. The zero-order valence-electron chi connectivity index (χ0n) is 17.6. The van der Waals surface area contributed by atoms with E-state index in [1.165, 1.54) is 5.56 Å². The number of rotatable bonds is 6. The number of hydrogen-bond donors (Lipinski definition) is 2. The van der Waals surface area contributed by atoms with Gasteiger partial charge in [0, 0.05) is 28.4 Å². The fourth-order valence-corrected chi connectivity index (χ4v) is 3.84. The first-order valence-corrected chi connectivity index (χ1v) is 10.7. The number of nitrogens with zero attached hydrogens (tertiary/aromatic N) is 1. The van der Waals surface area contributed by atoms with E-state index in [2.05, 4.69) is 52.8 Å². The zero-order chi connectivity index (χ0) is 21.8. The fourth-order valence-electron chi connectivity index (χ4n) is 3.84. The second-order valence-corrected chi connectivity index (χ2v) is 7.75. The van der Waals surface area contributed by atoms with Crippen LogP contribution in [0.2, 0.25) is 0 Å². The summed E-state index contributed by atoms with van der Waals surface area (Å²) in [4.78, 5) is 20.4. The van der Waals surface area contributed by atoms with E-state index in [4.69, 9.17) is 4.98 Å². The average molecular weight is 418 g/mol. The summed E-state index contributed by atoms with van der Waals surface area (Å²) in [6.45, 7) is 0.592. The lowest BCUT2D eigenvalue weighted by atomic mass is 10.1. The third-order valence-electron chi connectivity index (χ3n) is 5.53. The number of carbonyl (C=O) groups excluding carboxylic acids is 1. The summed E-state index contributed by atoms with van der Waals surface area (Å²) in [7, 11) is 0. The largest absolute Gasteiger partial charge is 0.352 e. The van der Waals surface area contributed by atoms with Crippen molar-refractivity contribution in [1.82, 2.24) is 15.3 Å². The predicted molar refractivity (Wildman–Crippen MR) is 131 cm³/mol. The number of amides is 1. The minimum absolute atomic E-state index is 0.0425. The van der Waals surface area contributed by atoms with Gasteiger partial charge in [0.25, 0.3) is 5.91 Å². The molecule has 3 aromatic carbocycles. The molecule has 4 heteroatoms. The summed E-state index contributed by atoms with van der Waals surface area (Å²) < 4.78 is 0. The molecular weight excluding hydrogens is 394 g/mol. The van der Waals surface area contributed by atoms with E-state index in [0.29, 0.717) is 12.1 Å². The van der Waals surface area contributed by atoms with Gasteiger partial charge in [0.2, 0.25) is 0 Å². The van der Waals surface area contributed by atoms with E-state index in [-0.39, 0.29) is 5.91 Å². The van der Waals surface area contributed by atoms with Gasteiger partial charge in [-0.1, -0.05) is 60.7 Å². The van der Waals surface area contributed by atoms with E-state index >= 15 is 0 Å². The second kappa shape index (κ2) is 8.90. The molecule has 2 aromatic heterocycles. The molecule has 0 atom stereocenters. The number of benzene rings is 3. The van der Waals surface area contributed by atoms with Crippen LogP contribution < -0.4 is 5.32 Å². The van der Waals surface area contributed by atoms with Gasteiger partial charge in [-0.15, -0.1) is 0 Å². The third-order valence-corrected chi connectivity index (χ3v) is 5.53. The Kier molecular flexibility index (Phi) is 5.50. The number of pyridine rings is 1. The van der Waals surface area contributed by atoms with Crippen molar-refractivity contribution < 1.29 is 4.79 Å². The molecule has 0 aliphatic rings. The summed E-state index contributed by atoms with van der Waals surface area (Å²) in [5.74, 6) is -0.0425. The Morgan fingerprint density at radius 2 is 1.62 bits per heavy atom. The lowest BCUT2D eigenvalue weighted by Crippen LogP contribution is -2.25. The number of nitrogens with one attached hydrogen (secondary N) is 2. The minimum Gasteiger partial charge on any atom is -0.352 e. The molecule has 2 N–H and O–H groups in total. The maximum atomic E-state index is 12.2. The van der Waals surface area contributed by atoms with Gasteiger partial charge < -0.3 is 10.3 Å². The molecule has 4 nitrogen and oxygen atoms in total. The van der Waals surface area contributed by atoms with Gasteiger partial charge >= 0.3 is 0 Å². The van der Waals surface area contributed by atoms with Gasteiger partial charge in [0.05, 0.1) is 5.69 Å². The van der Waals surface area contributed by atoms with Crippen molar-refractivity contribution in [3.63, 3.8) is 0 Å². The Labute approximate surface area is 186 Å². The van der Waals surface area contributed by atoms with Crippen LogP contribution in [0, 0.1) is 0 Å². The molecule has 0 bridgehead atoms. The predicted octanol–water partition coefficient (Wildman–Crippen LogP) is 5.86. The lowest BCUT2D eigenvalue weighted by Gasteiger charge is -2.06. The molecule has 0 saturated heterocycles. The van der Waals surface area contributed by atoms with Crippen molar-refractivity contribution in [3.05, 3.63) is 113 Å². The molecule has 5 aromatic rings. The molecule has 5 rings (SSSR count). The third kappa shape index (κ3) is 4.30. The van der Waals surface area contributed by atoms with E-state index in [0.717, 1.165) is 39.6 Å². The molecule has 0 fully saturated rings. The summed E-state index contributed by atoms with van der Waals surface area (Å²) in [5, 5.41) is 5.25. The zero-order valence-corrected chi connectivity index (χ0v) is 17.6. The first kappa shape index (κ1) is 19.8. The first-order chi connectivity index (χ1) is 15.8. The Morgan fingerprint density at radius 1 is 0.844 bits per heavy atom. The smallest absolute Gasteiger partial charge is 0.251 e. The molecule has 1 amide bonds. The highest BCUT2D eigenvalue weighted by Crippen LogP contribution is 2.26. The van der Waals surface area contributed by atoms with E-state index in [1.54, 1.807) is 0 Å². The Balaban J connectivity index is 1.31. The normalized spacial score (nSPS) is 11.4. The van der Waals surface area contributed by atoms with Crippen LogP contribution in [0.1, 0.15) is 27.2 Å². The standard InChI is InChI=1S/C28H23N3O/c32-28(22-9-5-2-6-10-22)29-18-17-21-12-16-26-25(19-21)24-15-14-23(30-27(24)31-26)13-11-20-7-3-1-4-8-20/h1-16,19H,17-18H2,(H,29,32)(H,30,31). The minimum atomic E-state index is -0.0425. The van der Waals surface area contributed by atoms with Crippen LogP contribution >= 0.6 is 0 Å². The first-order valence-electron chi connectivity index (χ1n) is 10.7. The monoisotopic (exact) mass is 417 g/mol. The van der Waals surface area contributed by atoms with Crippen LogP contribution in [0.15, 0.2) is 91.0 Å². The van der Waals surface area contributed by atoms with Crippen LogP contribution in [-0.4, -0.2) is 22.4 Å². The highest BCUT2D eigenvalue weighted by molar-refractivity contribution is 6.06. The van der Waals surface area contributed by atoms with Gasteiger partial charge in [-0.2, -0.15) is 0 Å². The lowest BCUT2D eigenvalue weighted by molar-refractivity contribution is 0.0954. The molecule has 32 heavy (non-hydrogen) atoms. The quantitative estimate of drug-likeness (QED) is 0.364. The van der Waals surface area contributed by atoms with Crippen molar-refractivity contribution in [3.8, 4) is 0 Å². The van der Waals surface area contributed by atoms with Crippen molar-refractivity contribution in [1.29, 1.82) is 0 Å². The maximum absolute atomic E-state index is 12.2. The van der Waals surface area contributed by atoms with Gasteiger partial charge in [-0.05, 0) is 60.0 Å². The van der Waals surface area contributed by atoms with Crippen LogP contribution in [0.3, 0.4) is 0 Å². The van der Waals surface area contributed by atoms with Crippen LogP contribution in [0.25, 0.3) is 34.1 Å². The summed E-state index contributed by atoms with van der Waals surface area (Å²) in [6, 6.07) is 30.0. The van der Waals surface area contributed by atoms with Crippen molar-refractivity contribution in [2.75, 3.05) is 6.54 Å². The molecule has 0 unspecified atom stereocenters. The highest BCUT2D eigenvalue weighted by atomic mass is 16.1. The summed E-state index contributed by atoms with van der Waals surface area (Å²) in [5.41, 5.74) is 5.87. The molecule has 156 valence electrons. The molecular formula is C28H23N3O. The van der Waals surface area contributed by atoms with Crippen LogP contribution in [0.4, 0.5) is 0 Å². The number of fused-ring (bicyclic) bond motifs is 3. The molecule has 0 aliphatic carbocycles. The number of carbonyl (C=O) groups is 1. The van der Waals surface area contributed by atoms with E-state index in [9.17, 15) is 4.79 Å². The van der Waals surface area contributed by atoms with Crippen molar-refractivity contribution in [2.45, 2.75) is 6.42 Å². The Bertz CT molecular complexity index is 1400. The topological polar surface area (TPSA) is 57.8 Å². The number of H-pyrrole nitrogens is 1. The Hall–Kier alpha value is -4.18. The molecule has 2 heterocycles. The highest BCUT2D eigenvalue weighted by Gasteiger charge is 2.08. The summed E-state index contributed by atoms with van der Waals surface area (Å²) in [6.07, 6.45) is 4.87. The number of aromatic amines is 1. The van der Waals surface area contributed by atoms with Gasteiger partial charge in [0.15, 0.2) is 0 Å².